The van der Waals surface area contributed by atoms with Crippen LogP contribution in [0.15, 0.2) is 24.3 Å². The van der Waals surface area contributed by atoms with E-state index in [9.17, 15) is 9.90 Å². The molecule has 1 aliphatic heterocycles. The van der Waals surface area contributed by atoms with Crippen LogP contribution < -0.4 is 10.1 Å². The normalized spacial score (nSPS) is 21.3. The number of hydrogen-bond donors (Lipinski definition) is 2. The summed E-state index contributed by atoms with van der Waals surface area (Å²) in [5, 5.41) is 12.8. The lowest BCUT2D eigenvalue weighted by Gasteiger charge is -2.29. The van der Waals surface area contributed by atoms with Crippen LogP contribution in [0.2, 0.25) is 0 Å². The molecule has 18 heavy (non-hydrogen) atoms. The highest BCUT2D eigenvalue weighted by atomic mass is 16.5. The van der Waals surface area contributed by atoms with E-state index in [0.717, 1.165) is 31.4 Å². The summed E-state index contributed by atoms with van der Waals surface area (Å²) in [6, 6.07) is 7.36. The average Bonchev–Trinajstić information content (AvgIpc) is 2.40. The summed E-state index contributed by atoms with van der Waals surface area (Å²) < 4.78 is 5.28. The number of nitrogens with one attached hydrogen (secondary N) is 1. The van der Waals surface area contributed by atoms with Gasteiger partial charge in [0.1, 0.15) is 11.7 Å². The van der Waals surface area contributed by atoms with Gasteiger partial charge in [-0.05, 0) is 25.5 Å². The van der Waals surface area contributed by atoms with Gasteiger partial charge in [-0.1, -0.05) is 24.6 Å². The standard InChI is InChI=1S/C14H19NO3/c1-18-12-8-3-2-6-10(12)13(14(16)17)11-7-4-5-9-15-11/h2-3,6,8,11,13,15H,4-5,7,9H2,1H3,(H,16,17). The molecule has 1 fully saturated rings. The Hall–Kier alpha value is -1.55. The zero-order chi connectivity index (χ0) is 13.0. The first-order valence-corrected chi connectivity index (χ1v) is 6.33. The molecule has 1 aromatic carbocycles. The number of para-hydroxylation sites is 1. The molecular formula is C14H19NO3. The molecule has 0 radical (unpaired) electrons. The third-order valence-electron chi connectivity index (χ3n) is 3.49. The summed E-state index contributed by atoms with van der Waals surface area (Å²) in [5.74, 6) is -0.683. The lowest BCUT2D eigenvalue weighted by Crippen LogP contribution is -2.41. The number of benzene rings is 1. The third-order valence-corrected chi connectivity index (χ3v) is 3.49. The van der Waals surface area contributed by atoms with E-state index < -0.39 is 11.9 Å². The van der Waals surface area contributed by atoms with Gasteiger partial charge in [0.15, 0.2) is 0 Å². The van der Waals surface area contributed by atoms with E-state index in [-0.39, 0.29) is 6.04 Å². The van der Waals surface area contributed by atoms with Gasteiger partial charge < -0.3 is 15.2 Å². The molecular weight excluding hydrogens is 230 g/mol. The van der Waals surface area contributed by atoms with Gasteiger partial charge in [-0.25, -0.2) is 0 Å². The Balaban J connectivity index is 2.31. The van der Waals surface area contributed by atoms with Gasteiger partial charge in [0.2, 0.25) is 0 Å². The van der Waals surface area contributed by atoms with Crippen LogP contribution in [0.5, 0.6) is 5.75 Å². The Bertz CT molecular complexity index is 413. The molecule has 1 aliphatic rings. The van der Waals surface area contributed by atoms with E-state index in [1.165, 1.54) is 0 Å². The third kappa shape index (κ3) is 2.64. The number of aliphatic carboxylic acids is 1. The van der Waals surface area contributed by atoms with Crippen molar-refractivity contribution in [3.05, 3.63) is 29.8 Å². The van der Waals surface area contributed by atoms with Gasteiger partial charge in [-0.3, -0.25) is 4.79 Å². The Morgan fingerprint density at radius 2 is 2.22 bits per heavy atom. The SMILES string of the molecule is COc1ccccc1C(C(=O)O)C1CCCCN1. The van der Waals surface area contributed by atoms with Crippen molar-refractivity contribution in [2.24, 2.45) is 0 Å². The first kappa shape index (κ1) is 12.9. The first-order valence-electron chi connectivity index (χ1n) is 6.33. The fourth-order valence-electron chi connectivity index (χ4n) is 2.61. The number of carboxylic acids is 1. The van der Waals surface area contributed by atoms with Crippen molar-refractivity contribution in [2.45, 2.75) is 31.2 Å². The summed E-state index contributed by atoms with van der Waals surface area (Å²) in [6.45, 7) is 0.892. The predicted molar refractivity (Wildman–Crippen MR) is 69.0 cm³/mol. The molecule has 4 heteroatoms. The number of piperidine rings is 1. The number of hydrogen-bond acceptors (Lipinski definition) is 3. The molecule has 0 amide bonds. The molecule has 2 rings (SSSR count). The highest BCUT2D eigenvalue weighted by Gasteiger charge is 2.32. The number of carbonyl (C=O) groups is 1. The van der Waals surface area contributed by atoms with Crippen LogP contribution in [0, 0.1) is 0 Å². The zero-order valence-corrected chi connectivity index (χ0v) is 10.6. The Labute approximate surface area is 107 Å². The highest BCUT2D eigenvalue weighted by molar-refractivity contribution is 5.78. The van der Waals surface area contributed by atoms with Crippen molar-refractivity contribution in [1.82, 2.24) is 5.32 Å². The smallest absolute Gasteiger partial charge is 0.312 e. The van der Waals surface area contributed by atoms with E-state index >= 15 is 0 Å². The van der Waals surface area contributed by atoms with E-state index in [0.29, 0.717) is 5.75 Å². The van der Waals surface area contributed by atoms with Crippen LogP contribution in [-0.4, -0.2) is 30.8 Å². The summed E-state index contributed by atoms with van der Waals surface area (Å²) in [4.78, 5) is 11.6. The Morgan fingerprint density at radius 3 is 2.83 bits per heavy atom. The highest BCUT2D eigenvalue weighted by Crippen LogP contribution is 2.31. The molecule has 4 nitrogen and oxygen atoms in total. The summed E-state index contributed by atoms with van der Waals surface area (Å²) in [7, 11) is 1.58. The van der Waals surface area contributed by atoms with Crippen molar-refractivity contribution >= 4 is 5.97 Å². The van der Waals surface area contributed by atoms with Crippen LogP contribution in [0.4, 0.5) is 0 Å². The molecule has 0 bridgehead atoms. The maximum atomic E-state index is 11.6. The number of ether oxygens (including phenoxy) is 1. The molecule has 2 atom stereocenters. The number of rotatable bonds is 4. The minimum atomic E-state index is -0.793. The molecule has 0 aliphatic carbocycles. The van der Waals surface area contributed by atoms with Gasteiger partial charge in [0.05, 0.1) is 7.11 Å². The van der Waals surface area contributed by atoms with Crippen molar-refractivity contribution < 1.29 is 14.6 Å². The second-order valence-corrected chi connectivity index (χ2v) is 4.61. The van der Waals surface area contributed by atoms with Crippen LogP contribution >= 0.6 is 0 Å². The number of carboxylic acid groups (broad SMARTS) is 1. The maximum Gasteiger partial charge on any atom is 0.312 e. The fraction of sp³-hybridized carbons (Fsp3) is 0.500. The molecule has 1 saturated heterocycles. The van der Waals surface area contributed by atoms with E-state index in [1.54, 1.807) is 7.11 Å². The molecule has 2 unspecified atom stereocenters. The zero-order valence-electron chi connectivity index (χ0n) is 10.6. The Morgan fingerprint density at radius 1 is 1.44 bits per heavy atom. The molecule has 0 aromatic heterocycles. The summed E-state index contributed by atoms with van der Waals surface area (Å²) in [5.41, 5.74) is 0.756. The Kier molecular flexibility index (Phi) is 4.20. The van der Waals surface area contributed by atoms with Gasteiger partial charge in [0, 0.05) is 11.6 Å². The average molecular weight is 249 g/mol. The molecule has 98 valence electrons. The van der Waals surface area contributed by atoms with Gasteiger partial charge >= 0.3 is 5.97 Å². The summed E-state index contributed by atoms with van der Waals surface area (Å²) >= 11 is 0. The second kappa shape index (κ2) is 5.87. The monoisotopic (exact) mass is 249 g/mol. The van der Waals surface area contributed by atoms with Crippen molar-refractivity contribution in [3.8, 4) is 5.75 Å². The predicted octanol–water partition coefficient (Wildman–Crippen LogP) is 2.01. The molecule has 0 spiro atoms. The molecule has 1 heterocycles. The van der Waals surface area contributed by atoms with Crippen molar-refractivity contribution in [2.75, 3.05) is 13.7 Å². The fourth-order valence-corrected chi connectivity index (χ4v) is 2.61. The minimum absolute atomic E-state index is 0.00690. The molecule has 0 saturated carbocycles. The van der Waals surface area contributed by atoms with Crippen molar-refractivity contribution in [3.63, 3.8) is 0 Å². The van der Waals surface area contributed by atoms with E-state index in [2.05, 4.69) is 5.32 Å². The van der Waals surface area contributed by atoms with Crippen LogP contribution in [0.25, 0.3) is 0 Å². The van der Waals surface area contributed by atoms with Crippen molar-refractivity contribution in [1.29, 1.82) is 0 Å². The largest absolute Gasteiger partial charge is 0.496 e. The minimum Gasteiger partial charge on any atom is -0.496 e. The van der Waals surface area contributed by atoms with Gasteiger partial charge in [-0.2, -0.15) is 0 Å². The lowest BCUT2D eigenvalue weighted by atomic mass is 9.86. The lowest BCUT2D eigenvalue weighted by molar-refractivity contribution is -0.139. The summed E-state index contributed by atoms with van der Waals surface area (Å²) in [6.07, 6.45) is 3.10. The van der Waals surface area contributed by atoms with Gasteiger partial charge in [-0.15, -0.1) is 0 Å². The van der Waals surface area contributed by atoms with Crippen LogP contribution in [0.3, 0.4) is 0 Å². The quantitative estimate of drug-likeness (QED) is 0.857. The van der Waals surface area contributed by atoms with Crippen LogP contribution in [-0.2, 0) is 4.79 Å². The molecule has 1 aromatic rings. The second-order valence-electron chi connectivity index (χ2n) is 4.61. The topological polar surface area (TPSA) is 58.6 Å². The van der Waals surface area contributed by atoms with Crippen LogP contribution in [0.1, 0.15) is 30.7 Å². The molecule has 2 N–H and O–H groups in total. The van der Waals surface area contributed by atoms with E-state index in [1.807, 2.05) is 24.3 Å². The maximum absolute atomic E-state index is 11.6. The number of methoxy groups -OCH3 is 1. The van der Waals surface area contributed by atoms with E-state index in [4.69, 9.17) is 4.74 Å². The van der Waals surface area contributed by atoms with Gasteiger partial charge in [0.25, 0.3) is 0 Å². The first-order chi connectivity index (χ1) is 8.74.